The second-order valence-electron chi connectivity index (χ2n) is 3.48. The molecule has 0 aliphatic heterocycles. The molecule has 0 saturated carbocycles. The fourth-order valence-corrected chi connectivity index (χ4v) is 0.952. The van der Waals surface area contributed by atoms with Gasteiger partial charge in [-0.25, -0.2) is 4.68 Å². The molecule has 5 heteroatoms. The van der Waals surface area contributed by atoms with Crippen molar-refractivity contribution in [1.29, 1.82) is 0 Å². The SMILES string of the molecule is CC(C)(C)n1nc(Cl)c(F)c1F. The zero-order valence-electron chi connectivity index (χ0n) is 7.03. The summed E-state index contributed by atoms with van der Waals surface area (Å²) in [6.45, 7) is 5.12. The molecule has 0 aliphatic carbocycles. The smallest absolute Gasteiger partial charge is 0.230 e. The lowest BCUT2D eigenvalue weighted by Crippen LogP contribution is -2.24. The van der Waals surface area contributed by atoms with Gasteiger partial charge >= 0.3 is 0 Å². The van der Waals surface area contributed by atoms with Crippen LogP contribution in [-0.4, -0.2) is 9.78 Å². The summed E-state index contributed by atoms with van der Waals surface area (Å²) in [4.78, 5) is 0. The van der Waals surface area contributed by atoms with E-state index >= 15 is 0 Å². The Kier molecular flexibility index (Phi) is 2.12. The summed E-state index contributed by atoms with van der Waals surface area (Å²) in [6.07, 6.45) is 0. The number of hydrogen-bond acceptors (Lipinski definition) is 1. The van der Waals surface area contributed by atoms with Crippen molar-refractivity contribution in [2.75, 3.05) is 0 Å². The van der Waals surface area contributed by atoms with Gasteiger partial charge < -0.3 is 0 Å². The lowest BCUT2D eigenvalue weighted by atomic mass is 10.1. The molecule has 0 unspecified atom stereocenters. The van der Waals surface area contributed by atoms with E-state index in [0.717, 1.165) is 4.68 Å². The van der Waals surface area contributed by atoms with Crippen molar-refractivity contribution < 1.29 is 8.78 Å². The second-order valence-corrected chi connectivity index (χ2v) is 3.84. The molecule has 12 heavy (non-hydrogen) atoms. The van der Waals surface area contributed by atoms with Crippen LogP contribution in [0.15, 0.2) is 0 Å². The molecule has 0 aliphatic rings. The van der Waals surface area contributed by atoms with Crippen LogP contribution in [0.2, 0.25) is 5.15 Å². The zero-order chi connectivity index (χ0) is 9.52. The number of aromatic nitrogens is 2. The Hall–Kier alpha value is -0.640. The van der Waals surface area contributed by atoms with Gasteiger partial charge in [-0.05, 0) is 20.8 Å². The van der Waals surface area contributed by atoms with Crippen LogP contribution in [0.3, 0.4) is 0 Å². The average molecular weight is 195 g/mol. The summed E-state index contributed by atoms with van der Waals surface area (Å²) in [5, 5.41) is 3.08. The predicted molar refractivity (Wildman–Crippen MR) is 42.1 cm³/mol. The van der Waals surface area contributed by atoms with Gasteiger partial charge in [0.25, 0.3) is 0 Å². The third-order valence-corrected chi connectivity index (χ3v) is 1.61. The maximum absolute atomic E-state index is 13.0. The number of nitrogens with zero attached hydrogens (tertiary/aromatic N) is 2. The summed E-state index contributed by atoms with van der Waals surface area (Å²) >= 11 is 5.29. The van der Waals surface area contributed by atoms with E-state index in [1.54, 1.807) is 20.8 Å². The van der Waals surface area contributed by atoms with Crippen LogP contribution in [0.4, 0.5) is 8.78 Å². The molecule has 1 aromatic rings. The topological polar surface area (TPSA) is 17.8 Å². The fourth-order valence-electron chi connectivity index (χ4n) is 0.798. The minimum absolute atomic E-state index is 0.428. The maximum atomic E-state index is 13.0. The molecule has 1 rings (SSSR count). The largest absolute Gasteiger partial charge is 0.249 e. The van der Waals surface area contributed by atoms with E-state index in [2.05, 4.69) is 5.10 Å². The van der Waals surface area contributed by atoms with Gasteiger partial charge in [0.1, 0.15) is 0 Å². The zero-order valence-corrected chi connectivity index (χ0v) is 7.78. The summed E-state index contributed by atoms with van der Waals surface area (Å²) in [6, 6.07) is 0. The Labute approximate surface area is 74.1 Å². The quantitative estimate of drug-likeness (QED) is 0.621. The first-order chi connectivity index (χ1) is 5.34. The van der Waals surface area contributed by atoms with Gasteiger partial charge in [0, 0.05) is 0 Å². The van der Waals surface area contributed by atoms with E-state index < -0.39 is 22.5 Å². The molecular formula is C7H9ClF2N2. The van der Waals surface area contributed by atoms with E-state index in [1.807, 2.05) is 0 Å². The molecule has 0 radical (unpaired) electrons. The molecule has 0 amide bonds. The van der Waals surface area contributed by atoms with E-state index in [0.29, 0.717) is 0 Å². The van der Waals surface area contributed by atoms with Gasteiger partial charge in [-0.15, -0.1) is 0 Å². The number of halogens is 3. The van der Waals surface area contributed by atoms with Gasteiger partial charge in [-0.1, -0.05) is 11.6 Å². The lowest BCUT2D eigenvalue weighted by Gasteiger charge is -2.18. The molecule has 0 atom stereocenters. The van der Waals surface area contributed by atoms with Crippen molar-refractivity contribution in [3.05, 3.63) is 16.9 Å². The normalized spacial score (nSPS) is 12.2. The summed E-state index contributed by atoms with van der Waals surface area (Å²) in [7, 11) is 0. The highest BCUT2D eigenvalue weighted by Crippen LogP contribution is 2.22. The molecule has 0 saturated heterocycles. The molecular weight excluding hydrogens is 186 g/mol. The van der Waals surface area contributed by atoms with Crippen molar-refractivity contribution in [3.63, 3.8) is 0 Å². The van der Waals surface area contributed by atoms with Gasteiger partial charge in [0.05, 0.1) is 5.54 Å². The van der Waals surface area contributed by atoms with Gasteiger partial charge in [-0.2, -0.15) is 13.9 Å². The minimum Gasteiger partial charge on any atom is -0.230 e. The summed E-state index contributed by atoms with van der Waals surface area (Å²) in [5.41, 5.74) is -0.599. The Morgan fingerprint density at radius 2 is 1.83 bits per heavy atom. The van der Waals surface area contributed by atoms with Crippen LogP contribution < -0.4 is 0 Å². The van der Waals surface area contributed by atoms with Crippen molar-refractivity contribution in [1.82, 2.24) is 9.78 Å². The standard InChI is InChI=1S/C7H9ClF2N2/c1-7(2,3)12-6(10)4(9)5(8)11-12/h1-3H3. The molecule has 0 spiro atoms. The third-order valence-electron chi connectivity index (χ3n) is 1.37. The summed E-state index contributed by atoms with van der Waals surface area (Å²) < 4.78 is 26.6. The van der Waals surface area contributed by atoms with Gasteiger partial charge in [0.2, 0.25) is 11.8 Å². The third kappa shape index (κ3) is 1.43. The Morgan fingerprint density at radius 1 is 1.33 bits per heavy atom. The van der Waals surface area contributed by atoms with E-state index in [-0.39, 0.29) is 0 Å². The monoisotopic (exact) mass is 194 g/mol. The van der Waals surface area contributed by atoms with Crippen LogP contribution in [0.5, 0.6) is 0 Å². The average Bonchev–Trinajstić information content (AvgIpc) is 2.15. The van der Waals surface area contributed by atoms with Crippen LogP contribution in [-0.2, 0) is 5.54 Å². The van der Waals surface area contributed by atoms with Crippen molar-refractivity contribution >= 4 is 11.6 Å². The molecule has 68 valence electrons. The van der Waals surface area contributed by atoms with Crippen LogP contribution in [0, 0.1) is 11.8 Å². The van der Waals surface area contributed by atoms with E-state index in [1.165, 1.54) is 0 Å². The minimum atomic E-state index is -1.09. The molecule has 1 heterocycles. The maximum Gasteiger partial charge on any atom is 0.249 e. The summed E-state index contributed by atoms with van der Waals surface area (Å²) in [5.74, 6) is -2.11. The van der Waals surface area contributed by atoms with Crippen molar-refractivity contribution in [2.24, 2.45) is 0 Å². The van der Waals surface area contributed by atoms with Crippen molar-refractivity contribution in [2.45, 2.75) is 26.3 Å². The van der Waals surface area contributed by atoms with Gasteiger partial charge in [-0.3, -0.25) is 0 Å². The highest BCUT2D eigenvalue weighted by molar-refractivity contribution is 6.29. The Morgan fingerprint density at radius 3 is 2.00 bits per heavy atom. The first kappa shape index (κ1) is 9.45. The first-order valence-electron chi connectivity index (χ1n) is 3.44. The molecule has 0 aromatic carbocycles. The first-order valence-corrected chi connectivity index (χ1v) is 3.82. The molecule has 2 nitrogen and oxygen atoms in total. The fraction of sp³-hybridized carbons (Fsp3) is 0.571. The molecule has 0 bridgehead atoms. The predicted octanol–water partition coefficient (Wildman–Crippen LogP) is 2.57. The molecule has 0 fully saturated rings. The number of hydrogen-bond donors (Lipinski definition) is 0. The molecule has 0 N–H and O–H groups in total. The van der Waals surface area contributed by atoms with Crippen LogP contribution in [0.1, 0.15) is 20.8 Å². The van der Waals surface area contributed by atoms with E-state index in [9.17, 15) is 8.78 Å². The van der Waals surface area contributed by atoms with Crippen LogP contribution in [0.25, 0.3) is 0 Å². The Bertz CT molecular complexity index is 301. The highest BCUT2D eigenvalue weighted by atomic mass is 35.5. The molecule has 1 aromatic heterocycles. The van der Waals surface area contributed by atoms with E-state index in [4.69, 9.17) is 11.6 Å². The van der Waals surface area contributed by atoms with Crippen LogP contribution >= 0.6 is 11.6 Å². The highest BCUT2D eigenvalue weighted by Gasteiger charge is 2.24. The van der Waals surface area contributed by atoms with Gasteiger partial charge in [0.15, 0.2) is 5.15 Å². The van der Waals surface area contributed by atoms with Crippen molar-refractivity contribution in [3.8, 4) is 0 Å². The Balaban J connectivity index is 3.28. The number of rotatable bonds is 0. The second kappa shape index (κ2) is 2.69. The lowest BCUT2D eigenvalue weighted by molar-refractivity contribution is 0.290.